The van der Waals surface area contributed by atoms with Gasteiger partial charge in [-0.2, -0.15) is 13.2 Å². The van der Waals surface area contributed by atoms with Crippen LogP contribution in [-0.4, -0.2) is 52.6 Å². The van der Waals surface area contributed by atoms with Crippen molar-refractivity contribution in [3.05, 3.63) is 30.3 Å². The molecule has 2 rings (SSSR count). The predicted molar refractivity (Wildman–Crippen MR) is 105 cm³/mol. The Kier molecular flexibility index (Phi) is 9.15. The van der Waals surface area contributed by atoms with E-state index in [2.05, 4.69) is 10.3 Å². The van der Waals surface area contributed by atoms with Crippen molar-refractivity contribution in [3.8, 4) is 0 Å². The summed E-state index contributed by atoms with van der Waals surface area (Å²) in [6.07, 6.45) is -4.00. The lowest BCUT2D eigenvalue weighted by atomic mass is 10.2. The molecule has 1 fully saturated rings. The molecule has 2 N–H and O–H groups in total. The molecule has 0 aromatic heterocycles. The van der Waals surface area contributed by atoms with Gasteiger partial charge >= 0.3 is 12.1 Å². The number of carbonyl (C=O) groups excluding carboxylic acids is 2. The van der Waals surface area contributed by atoms with Crippen molar-refractivity contribution in [2.45, 2.75) is 44.2 Å². The van der Waals surface area contributed by atoms with Gasteiger partial charge in [0.25, 0.3) is 0 Å². The molecule has 0 radical (unpaired) electrons. The monoisotopic (exact) mass is 433 g/mol. The SMILES string of the molecule is CCC(C)N=C1NC(=O)C(CC(=O)N(C)c2ccccc2)S1.O=C(O)C(F)(F)F. The van der Waals surface area contributed by atoms with E-state index in [-0.39, 0.29) is 24.3 Å². The number of hydrogen-bond donors (Lipinski definition) is 2. The molecule has 11 heteroatoms. The highest BCUT2D eigenvalue weighted by Gasteiger charge is 2.38. The number of carboxylic acids is 1. The molecule has 1 aliphatic heterocycles. The fraction of sp³-hybridized carbons (Fsp3) is 0.444. The standard InChI is InChI=1S/C16H21N3O2S.C2HF3O2/c1-4-11(2)17-16-18-15(21)13(22-16)10-14(20)19(3)12-8-6-5-7-9-12;3-2(4,5)1(6)7/h5-9,11,13H,4,10H2,1-3H3,(H,17,18,21);(H,6,7). The highest BCUT2D eigenvalue weighted by molar-refractivity contribution is 8.15. The Hall–Kier alpha value is -2.56. The first kappa shape index (κ1) is 24.5. The molecule has 2 amide bonds. The van der Waals surface area contributed by atoms with Crippen LogP contribution in [0.25, 0.3) is 0 Å². The Morgan fingerprint density at radius 3 is 2.34 bits per heavy atom. The van der Waals surface area contributed by atoms with Crippen LogP contribution < -0.4 is 10.2 Å². The smallest absolute Gasteiger partial charge is 0.475 e. The molecule has 1 heterocycles. The first-order valence-corrected chi connectivity index (χ1v) is 9.50. The summed E-state index contributed by atoms with van der Waals surface area (Å²) in [5.41, 5.74) is 0.824. The van der Waals surface area contributed by atoms with E-state index < -0.39 is 17.4 Å². The Labute approximate surface area is 170 Å². The molecular formula is C18H22F3N3O4S. The van der Waals surface area contributed by atoms with Gasteiger partial charge in [-0.1, -0.05) is 36.9 Å². The molecule has 2 unspecified atom stereocenters. The Balaban J connectivity index is 0.000000516. The number of aliphatic imine (C=N–C) groups is 1. The van der Waals surface area contributed by atoms with Crippen LogP contribution in [0, 0.1) is 0 Å². The maximum atomic E-state index is 12.3. The van der Waals surface area contributed by atoms with Crippen molar-refractivity contribution in [2.75, 3.05) is 11.9 Å². The number of anilines is 1. The number of halogens is 3. The van der Waals surface area contributed by atoms with E-state index in [9.17, 15) is 22.8 Å². The maximum absolute atomic E-state index is 12.3. The minimum Gasteiger partial charge on any atom is -0.475 e. The second kappa shape index (κ2) is 10.8. The average Bonchev–Trinajstić information content (AvgIpc) is 3.00. The molecule has 0 aliphatic carbocycles. The van der Waals surface area contributed by atoms with E-state index in [1.54, 1.807) is 11.9 Å². The van der Waals surface area contributed by atoms with Gasteiger partial charge in [-0.3, -0.25) is 14.6 Å². The van der Waals surface area contributed by atoms with Gasteiger partial charge in [-0.25, -0.2) is 4.79 Å². The third-order valence-electron chi connectivity index (χ3n) is 3.83. The zero-order chi connectivity index (χ0) is 22.2. The van der Waals surface area contributed by atoms with Gasteiger partial charge in [0.1, 0.15) is 5.25 Å². The van der Waals surface area contributed by atoms with Gasteiger partial charge in [0, 0.05) is 25.2 Å². The zero-order valence-corrected chi connectivity index (χ0v) is 16.9. The van der Waals surface area contributed by atoms with Gasteiger partial charge in [0.15, 0.2) is 5.17 Å². The van der Waals surface area contributed by atoms with Crippen molar-refractivity contribution in [3.63, 3.8) is 0 Å². The third-order valence-corrected chi connectivity index (χ3v) is 4.92. The largest absolute Gasteiger partial charge is 0.490 e. The van der Waals surface area contributed by atoms with E-state index in [0.717, 1.165) is 12.1 Å². The van der Waals surface area contributed by atoms with Gasteiger partial charge < -0.3 is 15.3 Å². The summed E-state index contributed by atoms with van der Waals surface area (Å²) >= 11 is 1.35. The fourth-order valence-corrected chi connectivity index (χ4v) is 3.04. The molecule has 1 aromatic rings. The van der Waals surface area contributed by atoms with Crippen molar-refractivity contribution < 1.29 is 32.7 Å². The van der Waals surface area contributed by atoms with Gasteiger partial charge in [-0.15, -0.1) is 0 Å². The van der Waals surface area contributed by atoms with Crippen LogP contribution in [0.5, 0.6) is 0 Å². The van der Waals surface area contributed by atoms with Crippen LogP contribution >= 0.6 is 11.8 Å². The Bertz CT molecular complexity index is 756. The summed E-state index contributed by atoms with van der Waals surface area (Å²) in [4.78, 5) is 39.2. The minimum absolute atomic E-state index is 0.0800. The lowest BCUT2D eigenvalue weighted by molar-refractivity contribution is -0.192. The number of aliphatic carboxylic acids is 1. The van der Waals surface area contributed by atoms with E-state index in [0.29, 0.717) is 5.17 Å². The van der Waals surface area contributed by atoms with Crippen LogP contribution in [0.15, 0.2) is 35.3 Å². The number of amidine groups is 1. The van der Waals surface area contributed by atoms with Crippen LogP contribution in [0.2, 0.25) is 0 Å². The summed E-state index contributed by atoms with van der Waals surface area (Å²) in [6, 6.07) is 9.58. The lowest BCUT2D eigenvalue weighted by Gasteiger charge is -2.18. The minimum atomic E-state index is -5.08. The summed E-state index contributed by atoms with van der Waals surface area (Å²) < 4.78 is 31.7. The first-order chi connectivity index (χ1) is 13.5. The molecular weight excluding hydrogens is 411 g/mol. The van der Waals surface area contributed by atoms with E-state index >= 15 is 0 Å². The van der Waals surface area contributed by atoms with Crippen LogP contribution in [0.4, 0.5) is 18.9 Å². The summed E-state index contributed by atoms with van der Waals surface area (Å²) in [6.45, 7) is 4.05. The van der Waals surface area contributed by atoms with Gasteiger partial charge in [0.05, 0.1) is 0 Å². The number of nitrogens with one attached hydrogen (secondary N) is 1. The number of amides is 2. The lowest BCUT2D eigenvalue weighted by Crippen LogP contribution is -2.32. The van der Waals surface area contributed by atoms with Crippen molar-refractivity contribution in [1.29, 1.82) is 0 Å². The second-order valence-corrected chi connectivity index (χ2v) is 7.27. The number of carbonyl (C=O) groups is 3. The number of nitrogens with zero attached hydrogens (tertiary/aromatic N) is 2. The number of benzene rings is 1. The van der Waals surface area contributed by atoms with Crippen molar-refractivity contribution in [2.24, 2.45) is 4.99 Å². The number of rotatable bonds is 5. The van der Waals surface area contributed by atoms with Crippen LogP contribution in [-0.2, 0) is 14.4 Å². The number of alkyl halides is 3. The summed E-state index contributed by atoms with van der Waals surface area (Å²) in [5.74, 6) is -2.97. The molecule has 7 nitrogen and oxygen atoms in total. The predicted octanol–water partition coefficient (Wildman–Crippen LogP) is 3.06. The molecule has 1 aliphatic rings. The third kappa shape index (κ3) is 8.14. The van der Waals surface area contributed by atoms with E-state index in [1.807, 2.05) is 44.2 Å². The Morgan fingerprint density at radius 2 is 1.86 bits per heavy atom. The molecule has 29 heavy (non-hydrogen) atoms. The fourth-order valence-electron chi connectivity index (χ4n) is 1.98. The van der Waals surface area contributed by atoms with E-state index in [4.69, 9.17) is 9.90 Å². The first-order valence-electron chi connectivity index (χ1n) is 8.62. The molecule has 1 saturated heterocycles. The molecule has 160 valence electrons. The van der Waals surface area contributed by atoms with Crippen LogP contribution in [0.1, 0.15) is 26.7 Å². The van der Waals surface area contributed by atoms with Gasteiger partial charge in [0.2, 0.25) is 11.8 Å². The number of thioether (sulfide) groups is 1. The quantitative estimate of drug-likeness (QED) is 0.744. The number of para-hydroxylation sites is 1. The van der Waals surface area contributed by atoms with E-state index in [1.165, 1.54) is 11.8 Å². The highest BCUT2D eigenvalue weighted by Crippen LogP contribution is 2.24. The molecule has 1 aromatic carbocycles. The van der Waals surface area contributed by atoms with Gasteiger partial charge in [-0.05, 0) is 25.5 Å². The average molecular weight is 433 g/mol. The molecule has 2 atom stereocenters. The molecule has 0 saturated carbocycles. The normalized spacial score (nSPS) is 18.5. The molecule has 0 spiro atoms. The zero-order valence-electron chi connectivity index (χ0n) is 16.1. The highest BCUT2D eigenvalue weighted by atomic mass is 32.2. The summed E-state index contributed by atoms with van der Waals surface area (Å²) in [5, 5.41) is 10.1. The molecule has 0 bridgehead atoms. The number of carboxylic acid groups (broad SMARTS) is 1. The summed E-state index contributed by atoms with van der Waals surface area (Å²) in [7, 11) is 1.73. The Morgan fingerprint density at radius 1 is 1.31 bits per heavy atom. The number of hydrogen-bond acceptors (Lipinski definition) is 5. The van der Waals surface area contributed by atoms with Crippen molar-refractivity contribution in [1.82, 2.24) is 5.32 Å². The second-order valence-electron chi connectivity index (χ2n) is 6.08. The topological polar surface area (TPSA) is 99.1 Å². The van der Waals surface area contributed by atoms with Crippen LogP contribution in [0.3, 0.4) is 0 Å². The maximum Gasteiger partial charge on any atom is 0.490 e. The van der Waals surface area contributed by atoms with Crippen molar-refractivity contribution >= 4 is 40.4 Å².